The van der Waals surface area contributed by atoms with Crippen LogP contribution in [0.25, 0.3) is 0 Å². The van der Waals surface area contributed by atoms with E-state index in [1.54, 1.807) is 0 Å². The van der Waals surface area contributed by atoms with Crippen LogP contribution < -0.4 is 5.32 Å². The third kappa shape index (κ3) is 2.13. The average Bonchev–Trinajstić information content (AvgIpc) is 2.62. The molecule has 3 rings (SSSR count). The van der Waals surface area contributed by atoms with Crippen molar-refractivity contribution in [2.45, 2.75) is 31.7 Å². The molecule has 18 heavy (non-hydrogen) atoms. The first-order chi connectivity index (χ1) is 8.58. The van der Waals surface area contributed by atoms with Crippen LogP contribution in [-0.4, -0.2) is 31.1 Å². The summed E-state index contributed by atoms with van der Waals surface area (Å²) in [5, 5.41) is 3.44. The van der Waals surface area contributed by atoms with Crippen molar-refractivity contribution in [1.29, 1.82) is 0 Å². The molecule has 0 aromatic heterocycles. The molecular weight excluding hydrogens is 288 g/mol. The highest BCUT2D eigenvalue weighted by Gasteiger charge is 2.39. The standard InChI is InChI=1S/C15H21BrN2/c1-15(2)10-14(18-7-5-17-6-8-18)12-9-11(16)3-4-13(12)15/h3-4,9,14,17H,5-8,10H2,1-2H3. The largest absolute Gasteiger partial charge is 0.314 e. The number of benzene rings is 1. The van der Waals surface area contributed by atoms with E-state index < -0.39 is 0 Å². The van der Waals surface area contributed by atoms with E-state index >= 15 is 0 Å². The number of nitrogens with one attached hydrogen (secondary N) is 1. The Labute approximate surface area is 118 Å². The zero-order valence-corrected chi connectivity index (χ0v) is 12.8. The van der Waals surface area contributed by atoms with Gasteiger partial charge in [0.1, 0.15) is 0 Å². The first-order valence-electron chi connectivity index (χ1n) is 6.83. The van der Waals surface area contributed by atoms with Crippen LogP contribution in [0.4, 0.5) is 0 Å². The minimum atomic E-state index is 0.311. The van der Waals surface area contributed by atoms with Crippen molar-refractivity contribution in [1.82, 2.24) is 10.2 Å². The molecule has 2 nitrogen and oxygen atoms in total. The second-order valence-electron chi connectivity index (χ2n) is 6.12. The van der Waals surface area contributed by atoms with Crippen LogP contribution in [-0.2, 0) is 5.41 Å². The average molecular weight is 309 g/mol. The molecule has 1 saturated heterocycles. The molecule has 1 atom stereocenters. The van der Waals surface area contributed by atoms with E-state index in [2.05, 4.69) is 58.2 Å². The highest BCUT2D eigenvalue weighted by atomic mass is 79.9. The van der Waals surface area contributed by atoms with Gasteiger partial charge in [0.15, 0.2) is 0 Å². The van der Waals surface area contributed by atoms with Gasteiger partial charge >= 0.3 is 0 Å². The number of piperazine rings is 1. The van der Waals surface area contributed by atoms with Gasteiger partial charge in [0.2, 0.25) is 0 Å². The van der Waals surface area contributed by atoms with Crippen molar-refractivity contribution in [2.24, 2.45) is 0 Å². The Morgan fingerprint density at radius 2 is 2.00 bits per heavy atom. The minimum absolute atomic E-state index is 0.311. The van der Waals surface area contributed by atoms with Crippen molar-refractivity contribution in [3.8, 4) is 0 Å². The van der Waals surface area contributed by atoms with E-state index in [-0.39, 0.29) is 0 Å². The van der Waals surface area contributed by atoms with Gasteiger partial charge in [-0.3, -0.25) is 4.90 Å². The van der Waals surface area contributed by atoms with E-state index in [0.717, 1.165) is 13.1 Å². The molecule has 0 saturated carbocycles. The molecule has 98 valence electrons. The lowest BCUT2D eigenvalue weighted by molar-refractivity contribution is 0.161. The maximum atomic E-state index is 3.62. The lowest BCUT2D eigenvalue weighted by atomic mass is 9.86. The van der Waals surface area contributed by atoms with Gasteiger partial charge in [0.05, 0.1) is 0 Å². The van der Waals surface area contributed by atoms with Crippen LogP contribution in [0.3, 0.4) is 0 Å². The molecular formula is C15H21BrN2. The molecule has 1 N–H and O–H groups in total. The van der Waals surface area contributed by atoms with E-state index in [4.69, 9.17) is 0 Å². The number of halogens is 1. The molecule has 0 spiro atoms. The van der Waals surface area contributed by atoms with E-state index in [1.807, 2.05) is 0 Å². The summed E-state index contributed by atoms with van der Waals surface area (Å²) in [5.74, 6) is 0. The van der Waals surface area contributed by atoms with Crippen molar-refractivity contribution in [2.75, 3.05) is 26.2 Å². The van der Waals surface area contributed by atoms with E-state index in [9.17, 15) is 0 Å². The number of nitrogens with zero attached hydrogens (tertiary/aromatic N) is 1. The van der Waals surface area contributed by atoms with Crippen LogP contribution in [0.1, 0.15) is 37.4 Å². The summed E-state index contributed by atoms with van der Waals surface area (Å²) >= 11 is 3.62. The lowest BCUT2D eigenvalue weighted by Gasteiger charge is -2.34. The van der Waals surface area contributed by atoms with Gasteiger partial charge in [-0.15, -0.1) is 0 Å². The van der Waals surface area contributed by atoms with Gasteiger partial charge in [-0.25, -0.2) is 0 Å². The summed E-state index contributed by atoms with van der Waals surface area (Å²) in [6.07, 6.45) is 1.25. The highest BCUT2D eigenvalue weighted by molar-refractivity contribution is 9.10. The monoisotopic (exact) mass is 308 g/mol. The Kier molecular flexibility index (Phi) is 3.25. The minimum Gasteiger partial charge on any atom is -0.314 e. The van der Waals surface area contributed by atoms with Gasteiger partial charge < -0.3 is 5.32 Å². The molecule has 1 aromatic carbocycles. The fourth-order valence-electron chi connectivity index (χ4n) is 3.45. The third-order valence-electron chi connectivity index (χ3n) is 4.40. The molecule has 0 amide bonds. The second kappa shape index (κ2) is 4.62. The molecule has 1 unspecified atom stereocenters. The van der Waals surface area contributed by atoms with Crippen LogP contribution in [0, 0.1) is 0 Å². The first-order valence-corrected chi connectivity index (χ1v) is 7.62. The summed E-state index contributed by atoms with van der Waals surface area (Å²) in [6.45, 7) is 9.35. The number of fused-ring (bicyclic) bond motifs is 1. The Morgan fingerprint density at radius 1 is 1.28 bits per heavy atom. The van der Waals surface area contributed by atoms with Gasteiger partial charge in [-0.1, -0.05) is 35.8 Å². The van der Waals surface area contributed by atoms with E-state index in [1.165, 1.54) is 35.1 Å². The quantitative estimate of drug-likeness (QED) is 0.858. The Morgan fingerprint density at radius 3 is 2.72 bits per heavy atom. The van der Waals surface area contributed by atoms with Crippen molar-refractivity contribution in [3.63, 3.8) is 0 Å². The fraction of sp³-hybridized carbons (Fsp3) is 0.600. The summed E-state index contributed by atoms with van der Waals surface area (Å²) in [4.78, 5) is 2.65. The lowest BCUT2D eigenvalue weighted by Crippen LogP contribution is -2.44. The van der Waals surface area contributed by atoms with Crippen molar-refractivity contribution >= 4 is 15.9 Å². The summed E-state index contributed by atoms with van der Waals surface area (Å²) in [7, 11) is 0. The summed E-state index contributed by atoms with van der Waals surface area (Å²) in [5.41, 5.74) is 3.39. The molecule has 0 radical (unpaired) electrons. The molecule has 0 bridgehead atoms. The maximum Gasteiger partial charge on any atom is 0.0360 e. The zero-order valence-electron chi connectivity index (χ0n) is 11.2. The molecule has 1 heterocycles. The summed E-state index contributed by atoms with van der Waals surface area (Å²) in [6, 6.07) is 7.42. The van der Waals surface area contributed by atoms with Gasteiger partial charge in [-0.2, -0.15) is 0 Å². The summed E-state index contributed by atoms with van der Waals surface area (Å²) < 4.78 is 1.21. The van der Waals surface area contributed by atoms with Crippen LogP contribution in [0.5, 0.6) is 0 Å². The number of hydrogen-bond acceptors (Lipinski definition) is 2. The van der Waals surface area contributed by atoms with Gasteiger partial charge in [0, 0.05) is 36.7 Å². The fourth-order valence-corrected chi connectivity index (χ4v) is 3.83. The Balaban J connectivity index is 1.97. The number of rotatable bonds is 1. The molecule has 1 aliphatic carbocycles. The molecule has 2 aliphatic rings. The highest BCUT2D eigenvalue weighted by Crippen LogP contribution is 2.47. The molecule has 1 fully saturated rings. The number of hydrogen-bond donors (Lipinski definition) is 1. The maximum absolute atomic E-state index is 3.62. The topological polar surface area (TPSA) is 15.3 Å². The van der Waals surface area contributed by atoms with Crippen LogP contribution in [0.15, 0.2) is 22.7 Å². The van der Waals surface area contributed by atoms with E-state index in [0.29, 0.717) is 11.5 Å². The van der Waals surface area contributed by atoms with Crippen LogP contribution in [0.2, 0.25) is 0 Å². The van der Waals surface area contributed by atoms with Gasteiger partial charge in [0.25, 0.3) is 0 Å². The zero-order chi connectivity index (χ0) is 12.8. The Bertz CT molecular complexity index is 450. The van der Waals surface area contributed by atoms with Crippen LogP contribution >= 0.6 is 15.9 Å². The predicted molar refractivity (Wildman–Crippen MR) is 79.0 cm³/mol. The van der Waals surface area contributed by atoms with Crippen molar-refractivity contribution < 1.29 is 0 Å². The molecule has 1 aromatic rings. The Hall–Kier alpha value is -0.380. The third-order valence-corrected chi connectivity index (χ3v) is 4.89. The second-order valence-corrected chi connectivity index (χ2v) is 7.04. The predicted octanol–water partition coefficient (Wildman–Crippen LogP) is 3.08. The normalized spacial score (nSPS) is 27.2. The smallest absolute Gasteiger partial charge is 0.0360 e. The van der Waals surface area contributed by atoms with Gasteiger partial charge in [-0.05, 0) is 35.1 Å². The first kappa shape index (κ1) is 12.6. The molecule has 1 aliphatic heterocycles. The SMILES string of the molecule is CC1(C)CC(N2CCNCC2)c2cc(Br)ccc21. The van der Waals surface area contributed by atoms with Crippen molar-refractivity contribution in [3.05, 3.63) is 33.8 Å². The molecule has 3 heteroatoms.